The molecule has 2 rings (SSSR count). The number of aryl methyl sites for hydroxylation is 1. The molecule has 5 nitrogen and oxygen atoms in total. The van der Waals surface area contributed by atoms with Crippen LogP contribution in [-0.2, 0) is 6.54 Å². The lowest BCUT2D eigenvalue weighted by molar-refractivity contribution is 0.569. The SMILES string of the molecule is CCCC1CC1NC(=NC)NCCCn1cccn1.I. The van der Waals surface area contributed by atoms with E-state index in [1.807, 2.05) is 30.2 Å². The topological polar surface area (TPSA) is 54.2 Å². The van der Waals surface area contributed by atoms with Crippen LogP contribution in [0.4, 0.5) is 0 Å². The first-order valence-corrected chi connectivity index (χ1v) is 7.28. The molecule has 1 fully saturated rings. The standard InChI is InChI=1S/C14H25N5.HI/c1-3-6-12-11-13(12)18-14(15-2)16-7-4-9-19-10-5-8-17-19;/h5,8,10,12-13H,3-4,6-7,9,11H2,1-2H3,(H2,15,16,18);1H. The van der Waals surface area contributed by atoms with Crippen molar-refractivity contribution >= 4 is 29.9 Å². The average molecular weight is 391 g/mol. The Balaban J connectivity index is 0.00000200. The fourth-order valence-electron chi connectivity index (χ4n) is 2.37. The molecule has 0 aliphatic heterocycles. The summed E-state index contributed by atoms with van der Waals surface area (Å²) in [5, 5.41) is 11.0. The molecule has 0 saturated heterocycles. The van der Waals surface area contributed by atoms with Crippen LogP contribution < -0.4 is 10.6 Å². The molecule has 0 amide bonds. The first kappa shape index (κ1) is 17.3. The summed E-state index contributed by atoms with van der Waals surface area (Å²) in [6.45, 7) is 4.11. The van der Waals surface area contributed by atoms with Crippen LogP contribution in [0.3, 0.4) is 0 Å². The summed E-state index contributed by atoms with van der Waals surface area (Å²) in [6, 6.07) is 2.59. The van der Waals surface area contributed by atoms with Gasteiger partial charge in [0.2, 0.25) is 0 Å². The minimum Gasteiger partial charge on any atom is -0.356 e. The van der Waals surface area contributed by atoms with Gasteiger partial charge < -0.3 is 10.6 Å². The van der Waals surface area contributed by atoms with Crippen LogP contribution >= 0.6 is 24.0 Å². The van der Waals surface area contributed by atoms with E-state index in [1.54, 1.807) is 0 Å². The molecule has 2 unspecified atom stereocenters. The van der Waals surface area contributed by atoms with Crippen molar-refractivity contribution in [1.29, 1.82) is 0 Å². The predicted molar refractivity (Wildman–Crippen MR) is 93.6 cm³/mol. The smallest absolute Gasteiger partial charge is 0.191 e. The van der Waals surface area contributed by atoms with Crippen molar-refractivity contribution in [2.45, 2.75) is 45.2 Å². The summed E-state index contributed by atoms with van der Waals surface area (Å²) in [5.74, 6) is 1.79. The van der Waals surface area contributed by atoms with E-state index in [9.17, 15) is 0 Å². The molecule has 1 saturated carbocycles. The van der Waals surface area contributed by atoms with Crippen molar-refractivity contribution in [2.75, 3.05) is 13.6 Å². The van der Waals surface area contributed by atoms with E-state index in [4.69, 9.17) is 0 Å². The molecule has 2 atom stereocenters. The zero-order valence-electron chi connectivity index (χ0n) is 12.4. The van der Waals surface area contributed by atoms with Crippen molar-refractivity contribution in [3.05, 3.63) is 18.5 Å². The maximum absolute atomic E-state index is 4.27. The first-order valence-electron chi connectivity index (χ1n) is 7.28. The number of hydrogen-bond acceptors (Lipinski definition) is 2. The van der Waals surface area contributed by atoms with Crippen LogP contribution in [0.25, 0.3) is 0 Å². The van der Waals surface area contributed by atoms with Gasteiger partial charge in [0.05, 0.1) is 0 Å². The Morgan fingerprint density at radius 1 is 1.50 bits per heavy atom. The average Bonchev–Trinajstić information content (AvgIpc) is 2.93. The molecular weight excluding hydrogens is 365 g/mol. The van der Waals surface area contributed by atoms with Gasteiger partial charge in [0.1, 0.15) is 0 Å². The number of aromatic nitrogens is 2. The van der Waals surface area contributed by atoms with Crippen LogP contribution in [0.5, 0.6) is 0 Å². The maximum Gasteiger partial charge on any atom is 0.191 e. The van der Waals surface area contributed by atoms with E-state index in [0.717, 1.165) is 31.4 Å². The van der Waals surface area contributed by atoms with Crippen molar-refractivity contribution in [2.24, 2.45) is 10.9 Å². The molecule has 114 valence electrons. The third-order valence-electron chi connectivity index (χ3n) is 3.54. The van der Waals surface area contributed by atoms with Crippen molar-refractivity contribution in [3.8, 4) is 0 Å². The number of rotatable bonds is 7. The lowest BCUT2D eigenvalue weighted by atomic mass is 10.2. The largest absolute Gasteiger partial charge is 0.356 e. The molecule has 0 aromatic carbocycles. The van der Waals surface area contributed by atoms with Crippen molar-refractivity contribution in [1.82, 2.24) is 20.4 Å². The van der Waals surface area contributed by atoms with Gasteiger partial charge in [0, 0.05) is 38.6 Å². The fraction of sp³-hybridized carbons (Fsp3) is 0.714. The third kappa shape index (κ3) is 5.68. The zero-order chi connectivity index (χ0) is 13.5. The first-order chi connectivity index (χ1) is 9.33. The van der Waals surface area contributed by atoms with E-state index in [0.29, 0.717) is 6.04 Å². The number of aliphatic imine (C=N–C) groups is 1. The number of nitrogens with zero attached hydrogens (tertiary/aromatic N) is 3. The van der Waals surface area contributed by atoms with Gasteiger partial charge in [-0.2, -0.15) is 5.10 Å². The van der Waals surface area contributed by atoms with E-state index in [1.165, 1.54) is 19.3 Å². The molecule has 1 heterocycles. The van der Waals surface area contributed by atoms with Gasteiger partial charge in [-0.3, -0.25) is 9.67 Å². The molecule has 2 N–H and O–H groups in total. The second-order valence-corrected chi connectivity index (χ2v) is 5.16. The quantitative estimate of drug-likeness (QED) is 0.325. The van der Waals surface area contributed by atoms with Gasteiger partial charge in [-0.05, 0) is 31.2 Å². The molecule has 6 heteroatoms. The molecule has 0 bridgehead atoms. The molecule has 0 spiro atoms. The highest BCUT2D eigenvalue weighted by Crippen LogP contribution is 2.34. The van der Waals surface area contributed by atoms with E-state index >= 15 is 0 Å². The van der Waals surface area contributed by atoms with Crippen molar-refractivity contribution in [3.63, 3.8) is 0 Å². The molecule has 0 radical (unpaired) electrons. The van der Waals surface area contributed by atoms with Crippen molar-refractivity contribution < 1.29 is 0 Å². The summed E-state index contributed by atoms with van der Waals surface area (Å²) in [7, 11) is 1.83. The van der Waals surface area contributed by atoms with Gasteiger partial charge in [-0.15, -0.1) is 24.0 Å². The molecule has 1 aromatic heterocycles. The van der Waals surface area contributed by atoms with Crippen LogP contribution in [0, 0.1) is 5.92 Å². The summed E-state index contributed by atoms with van der Waals surface area (Å²) in [6.07, 6.45) is 8.75. The Morgan fingerprint density at radius 3 is 3.00 bits per heavy atom. The maximum atomic E-state index is 4.27. The van der Waals surface area contributed by atoms with E-state index < -0.39 is 0 Å². The monoisotopic (exact) mass is 391 g/mol. The van der Waals surface area contributed by atoms with Crippen LogP contribution in [0.2, 0.25) is 0 Å². The van der Waals surface area contributed by atoms with Crippen LogP contribution in [-0.4, -0.2) is 35.4 Å². The highest BCUT2D eigenvalue weighted by molar-refractivity contribution is 14.0. The van der Waals surface area contributed by atoms with Crippen LogP contribution in [0.15, 0.2) is 23.5 Å². The molecule has 1 aliphatic carbocycles. The van der Waals surface area contributed by atoms with Gasteiger partial charge in [-0.1, -0.05) is 13.3 Å². The Morgan fingerprint density at radius 2 is 2.35 bits per heavy atom. The second-order valence-electron chi connectivity index (χ2n) is 5.16. The summed E-state index contributed by atoms with van der Waals surface area (Å²) >= 11 is 0. The normalized spacial score (nSPS) is 21.2. The lowest BCUT2D eigenvalue weighted by Gasteiger charge is -2.11. The minimum atomic E-state index is 0. The molecule has 1 aromatic rings. The Labute approximate surface area is 138 Å². The zero-order valence-corrected chi connectivity index (χ0v) is 14.7. The Bertz CT molecular complexity index is 390. The van der Waals surface area contributed by atoms with Gasteiger partial charge in [0.25, 0.3) is 0 Å². The van der Waals surface area contributed by atoms with Gasteiger partial charge >= 0.3 is 0 Å². The molecule has 1 aliphatic rings. The number of guanidine groups is 1. The summed E-state index contributed by atoms with van der Waals surface area (Å²) in [5.41, 5.74) is 0. The van der Waals surface area contributed by atoms with E-state index in [-0.39, 0.29) is 24.0 Å². The Hall–Kier alpha value is -0.790. The third-order valence-corrected chi connectivity index (χ3v) is 3.54. The fourth-order valence-corrected chi connectivity index (χ4v) is 2.37. The van der Waals surface area contributed by atoms with Gasteiger partial charge in [0.15, 0.2) is 5.96 Å². The number of halogens is 1. The molecular formula is C14H26IN5. The predicted octanol–water partition coefficient (Wildman–Crippen LogP) is 2.24. The summed E-state index contributed by atoms with van der Waals surface area (Å²) < 4.78 is 1.95. The number of hydrogen-bond donors (Lipinski definition) is 2. The second kappa shape index (κ2) is 9.20. The number of nitrogens with one attached hydrogen (secondary N) is 2. The Kier molecular flexibility index (Phi) is 7.94. The lowest BCUT2D eigenvalue weighted by Crippen LogP contribution is -2.39. The summed E-state index contributed by atoms with van der Waals surface area (Å²) in [4.78, 5) is 4.27. The highest BCUT2D eigenvalue weighted by atomic mass is 127. The van der Waals surface area contributed by atoms with Crippen LogP contribution in [0.1, 0.15) is 32.6 Å². The molecule has 20 heavy (non-hydrogen) atoms. The minimum absolute atomic E-state index is 0. The van der Waals surface area contributed by atoms with Gasteiger partial charge in [-0.25, -0.2) is 0 Å². The van der Waals surface area contributed by atoms with E-state index in [2.05, 4.69) is 27.6 Å². The highest BCUT2D eigenvalue weighted by Gasteiger charge is 2.36.